The minimum atomic E-state index is -0.207. The summed E-state index contributed by atoms with van der Waals surface area (Å²) in [4.78, 5) is 11.7. The number of ether oxygens (including phenoxy) is 1. The number of carbonyl (C=O) groups is 1. The van der Waals surface area contributed by atoms with E-state index < -0.39 is 0 Å². The number of aliphatic hydroxyl groups is 1. The van der Waals surface area contributed by atoms with Gasteiger partial charge in [0.2, 0.25) is 0 Å². The number of unbranched alkanes of at least 4 members (excludes halogenated alkanes) is 13. The molecule has 0 fully saturated rings. The molecule has 0 aliphatic rings. The van der Waals surface area contributed by atoms with E-state index in [1.165, 1.54) is 89.0 Å². The summed E-state index contributed by atoms with van der Waals surface area (Å²) < 4.78 is 4.99. The van der Waals surface area contributed by atoms with Crippen molar-refractivity contribution in [2.24, 2.45) is 0 Å². The van der Waals surface area contributed by atoms with E-state index in [1.54, 1.807) is 0 Å². The minimum Gasteiger partial charge on any atom is -0.463 e. The molecule has 3 heteroatoms. The molecule has 0 bridgehead atoms. The topological polar surface area (TPSA) is 46.5 Å². The van der Waals surface area contributed by atoms with Crippen LogP contribution in [0, 0.1) is 0 Å². The molecule has 0 aromatic carbocycles. The molecule has 1 N–H and O–H groups in total. The first kappa shape index (κ1) is 26.2. The van der Waals surface area contributed by atoms with Gasteiger partial charge in [-0.2, -0.15) is 0 Å². The summed E-state index contributed by atoms with van der Waals surface area (Å²) in [6.07, 6.45) is 23.4. The van der Waals surface area contributed by atoms with Crippen LogP contribution in [-0.4, -0.2) is 24.3 Å². The van der Waals surface area contributed by atoms with E-state index in [0.717, 1.165) is 19.3 Å². The van der Waals surface area contributed by atoms with Crippen molar-refractivity contribution in [2.75, 3.05) is 13.2 Å². The number of hydrogen-bond acceptors (Lipinski definition) is 3. The summed E-state index contributed by atoms with van der Waals surface area (Å²) in [5.41, 5.74) is 1.21. The van der Waals surface area contributed by atoms with Crippen molar-refractivity contribution >= 4 is 5.97 Å². The summed E-state index contributed by atoms with van der Waals surface area (Å²) in [5.74, 6) is -0.207. The second-order valence-corrected chi connectivity index (χ2v) is 7.76. The fourth-order valence-electron chi connectivity index (χ4n) is 3.38. The van der Waals surface area contributed by atoms with E-state index in [9.17, 15) is 4.79 Å². The molecule has 0 unspecified atom stereocenters. The van der Waals surface area contributed by atoms with Gasteiger partial charge in [-0.25, -0.2) is 0 Å². The molecule has 0 aliphatic carbocycles. The Morgan fingerprint density at radius 1 is 0.778 bits per heavy atom. The molecule has 0 saturated heterocycles. The maximum Gasteiger partial charge on any atom is 0.309 e. The molecule has 0 radical (unpaired) electrons. The van der Waals surface area contributed by atoms with E-state index in [1.807, 2.05) is 0 Å². The molecule has 0 atom stereocenters. The number of allylic oxidation sites excluding steroid dienone is 1. The number of rotatable bonds is 20. The summed E-state index contributed by atoms with van der Waals surface area (Å²) in [6, 6.07) is 0. The van der Waals surface area contributed by atoms with Crippen LogP contribution in [-0.2, 0) is 9.53 Å². The molecule has 27 heavy (non-hydrogen) atoms. The van der Waals surface area contributed by atoms with Crippen molar-refractivity contribution < 1.29 is 14.6 Å². The molecular formula is C24H46O3. The Morgan fingerprint density at radius 2 is 1.30 bits per heavy atom. The zero-order valence-electron chi connectivity index (χ0n) is 18.3. The Morgan fingerprint density at radius 3 is 1.78 bits per heavy atom. The summed E-state index contributed by atoms with van der Waals surface area (Å²) in [7, 11) is 0. The van der Waals surface area contributed by atoms with Gasteiger partial charge >= 0.3 is 5.97 Å². The van der Waals surface area contributed by atoms with Gasteiger partial charge in [-0.3, -0.25) is 4.79 Å². The average molecular weight is 383 g/mol. The second kappa shape index (κ2) is 21.5. The first-order chi connectivity index (χ1) is 13.2. The predicted octanol–water partition coefficient (Wildman–Crippen LogP) is 7.12. The summed E-state index contributed by atoms with van der Waals surface area (Å²) in [5, 5.41) is 8.73. The molecule has 0 saturated carbocycles. The average Bonchev–Trinajstić information content (AvgIpc) is 2.67. The lowest BCUT2D eigenvalue weighted by molar-refractivity contribution is -0.143. The molecule has 3 nitrogen and oxygen atoms in total. The zero-order chi connectivity index (χ0) is 20.0. The van der Waals surface area contributed by atoms with Crippen LogP contribution in [0.4, 0.5) is 0 Å². The highest BCUT2D eigenvalue weighted by molar-refractivity contribution is 5.72. The number of esters is 1. The van der Waals surface area contributed by atoms with Crippen LogP contribution >= 0.6 is 0 Å². The van der Waals surface area contributed by atoms with E-state index in [0.29, 0.717) is 6.42 Å². The molecule has 0 aromatic heterocycles. The van der Waals surface area contributed by atoms with Gasteiger partial charge in [-0.15, -0.1) is 0 Å². The zero-order valence-corrected chi connectivity index (χ0v) is 18.3. The number of hydrogen-bond donors (Lipinski definition) is 1. The quantitative estimate of drug-likeness (QED) is 0.138. The van der Waals surface area contributed by atoms with Crippen LogP contribution in [0.15, 0.2) is 11.6 Å². The Labute approximate surface area is 169 Å². The van der Waals surface area contributed by atoms with Crippen molar-refractivity contribution in [1.82, 2.24) is 0 Å². The van der Waals surface area contributed by atoms with Crippen LogP contribution in [0.3, 0.4) is 0 Å². The first-order valence-corrected chi connectivity index (χ1v) is 11.7. The summed E-state index contributed by atoms with van der Waals surface area (Å²) in [6.45, 7) is 4.44. The first-order valence-electron chi connectivity index (χ1n) is 11.7. The van der Waals surface area contributed by atoms with E-state index >= 15 is 0 Å². The SMILES string of the molecule is CCCC=C(CCCCCCCCCCCCCCC)CC(=O)OCCO. The highest BCUT2D eigenvalue weighted by Crippen LogP contribution is 2.17. The molecular weight excluding hydrogens is 336 g/mol. The Balaban J connectivity index is 3.61. The molecule has 0 aliphatic heterocycles. The fourth-order valence-corrected chi connectivity index (χ4v) is 3.38. The lowest BCUT2D eigenvalue weighted by Crippen LogP contribution is -2.09. The van der Waals surface area contributed by atoms with Gasteiger partial charge in [-0.05, 0) is 19.3 Å². The standard InChI is InChI=1S/C24H46O3/c1-3-5-7-8-9-10-11-12-13-14-15-16-17-19-23(18-6-4-2)22-24(26)27-21-20-25/h18,25H,3-17,19-22H2,1-2H3. The van der Waals surface area contributed by atoms with Crippen LogP contribution in [0.1, 0.15) is 123 Å². The number of carbonyl (C=O) groups excluding carboxylic acids is 1. The Kier molecular flexibility index (Phi) is 20.8. The maximum atomic E-state index is 11.7. The van der Waals surface area contributed by atoms with Gasteiger partial charge in [0.05, 0.1) is 13.0 Å². The van der Waals surface area contributed by atoms with Crippen LogP contribution in [0.5, 0.6) is 0 Å². The lowest BCUT2D eigenvalue weighted by Gasteiger charge is -2.08. The third-order valence-electron chi connectivity index (χ3n) is 5.05. The maximum absolute atomic E-state index is 11.7. The predicted molar refractivity (Wildman–Crippen MR) is 116 cm³/mol. The minimum absolute atomic E-state index is 0.0986. The smallest absolute Gasteiger partial charge is 0.309 e. The molecule has 0 amide bonds. The fraction of sp³-hybridized carbons (Fsp3) is 0.875. The third-order valence-corrected chi connectivity index (χ3v) is 5.05. The Hall–Kier alpha value is -0.830. The normalized spacial score (nSPS) is 11.7. The Bertz CT molecular complexity index is 350. The van der Waals surface area contributed by atoms with Crippen molar-refractivity contribution in [3.63, 3.8) is 0 Å². The summed E-state index contributed by atoms with van der Waals surface area (Å²) >= 11 is 0. The van der Waals surface area contributed by atoms with E-state index in [-0.39, 0.29) is 19.2 Å². The van der Waals surface area contributed by atoms with Gasteiger partial charge in [0.25, 0.3) is 0 Å². The largest absolute Gasteiger partial charge is 0.463 e. The van der Waals surface area contributed by atoms with Crippen molar-refractivity contribution in [2.45, 2.75) is 123 Å². The molecule has 0 heterocycles. The lowest BCUT2D eigenvalue weighted by atomic mass is 10.0. The van der Waals surface area contributed by atoms with Crippen molar-refractivity contribution in [1.29, 1.82) is 0 Å². The molecule has 0 aromatic rings. The second-order valence-electron chi connectivity index (χ2n) is 7.76. The monoisotopic (exact) mass is 382 g/mol. The third kappa shape index (κ3) is 19.7. The van der Waals surface area contributed by atoms with Crippen LogP contribution < -0.4 is 0 Å². The highest BCUT2D eigenvalue weighted by Gasteiger charge is 2.07. The van der Waals surface area contributed by atoms with Crippen molar-refractivity contribution in [3.8, 4) is 0 Å². The molecule has 0 rings (SSSR count). The van der Waals surface area contributed by atoms with E-state index in [4.69, 9.17) is 9.84 Å². The van der Waals surface area contributed by atoms with Crippen molar-refractivity contribution in [3.05, 3.63) is 11.6 Å². The van der Waals surface area contributed by atoms with Gasteiger partial charge in [0, 0.05) is 0 Å². The van der Waals surface area contributed by atoms with Gasteiger partial charge < -0.3 is 9.84 Å². The van der Waals surface area contributed by atoms with Crippen LogP contribution in [0.25, 0.3) is 0 Å². The number of aliphatic hydroxyl groups excluding tert-OH is 1. The molecule has 0 spiro atoms. The van der Waals surface area contributed by atoms with Gasteiger partial charge in [-0.1, -0.05) is 109 Å². The van der Waals surface area contributed by atoms with Gasteiger partial charge in [0.15, 0.2) is 0 Å². The van der Waals surface area contributed by atoms with Crippen LogP contribution in [0.2, 0.25) is 0 Å². The van der Waals surface area contributed by atoms with E-state index in [2.05, 4.69) is 19.9 Å². The van der Waals surface area contributed by atoms with Gasteiger partial charge in [0.1, 0.15) is 6.61 Å². The molecule has 160 valence electrons. The highest BCUT2D eigenvalue weighted by atomic mass is 16.5.